The van der Waals surface area contributed by atoms with Crippen molar-refractivity contribution in [1.29, 1.82) is 0 Å². The number of pyridine rings is 1. The van der Waals surface area contributed by atoms with E-state index in [1.54, 1.807) is 14.2 Å². The molecule has 1 atom stereocenters. The molecule has 2 heterocycles. The van der Waals surface area contributed by atoms with Crippen LogP contribution < -0.4 is 15.4 Å². The molecule has 2 aromatic rings. The Morgan fingerprint density at radius 2 is 1.93 bits per heavy atom. The summed E-state index contributed by atoms with van der Waals surface area (Å²) in [7, 11) is 3.48. The van der Waals surface area contributed by atoms with Crippen molar-refractivity contribution in [3.8, 4) is 5.75 Å². The Hall–Kier alpha value is -2.64. The van der Waals surface area contributed by atoms with Crippen molar-refractivity contribution in [3.63, 3.8) is 0 Å². The second-order valence-corrected chi connectivity index (χ2v) is 7.01. The number of guanidine groups is 1. The minimum absolute atomic E-state index is 0.223. The van der Waals surface area contributed by atoms with Gasteiger partial charge in [0, 0.05) is 32.4 Å². The van der Waals surface area contributed by atoms with Gasteiger partial charge in [0.15, 0.2) is 5.96 Å². The van der Waals surface area contributed by atoms with Gasteiger partial charge in [0.2, 0.25) is 0 Å². The van der Waals surface area contributed by atoms with Crippen LogP contribution in [0.1, 0.15) is 23.0 Å². The van der Waals surface area contributed by atoms with E-state index in [4.69, 9.17) is 9.47 Å². The van der Waals surface area contributed by atoms with Gasteiger partial charge in [0.25, 0.3) is 0 Å². The number of aryl methyl sites for hydroxylation is 1. The first-order valence-corrected chi connectivity index (χ1v) is 10.0. The number of ether oxygens (including phenoxy) is 2. The lowest BCUT2D eigenvalue weighted by Crippen LogP contribution is -2.46. The standard InChI is InChI=1S/C22H31N5O2/c1-17-5-4-6-19(26-17)15-24-22(23-2)25-16-21(27-11-13-29-14-12-27)18-7-9-20(28-3)10-8-18/h4-10,21H,11-16H2,1-3H3,(H2,23,24,25). The Morgan fingerprint density at radius 3 is 2.59 bits per heavy atom. The Labute approximate surface area is 173 Å². The maximum Gasteiger partial charge on any atom is 0.191 e. The van der Waals surface area contributed by atoms with Gasteiger partial charge in [0.05, 0.1) is 38.6 Å². The summed E-state index contributed by atoms with van der Waals surface area (Å²) in [5.74, 6) is 1.63. The highest BCUT2D eigenvalue weighted by atomic mass is 16.5. The molecule has 1 aliphatic rings. The molecule has 0 aliphatic carbocycles. The number of aliphatic imine (C=N–C) groups is 1. The van der Waals surface area contributed by atoms with Crippen molar-refractivity contribution in [3.05, 3.63) is 59.4 Å². The molecular formula is C22H31N5O2. The predicted octanol–water partition coefficient (Wildman–Crippen LogP) is 2.14. The average Bonchev–Trinajstić information content (AvgIpc) is 2.77. The summed E-state index contributed by atoms with van der Waals surface area (Å²) in [6.07, 6.45) is 0. The number of hydrogen-bond acceptors (Lipinski definition) is 5. The molecule has 0 spiro atoms. The second-order valence-electron chi connectivity index (χ2n) is 7.01. The van der Waals surface area contributed by atoms with E-state index in [1.807, 2.05) is 37.3 Å². The van der Waals surface area contributed by atoms with E-state index in [-0.39, 0.29) is 6.04 Å². The summed E-state index contributed by atoms with van der Waals surface area (Å²) in [5.41, 5.74) is 3.25. The van der Waals surface area contributed by atoms with Crippen LogP contribution in [0, 0.1) is 6.92 Å². The molecule has 29 heavy (non-hydrogen) atoms. The summed E-state index contributed by atoms with van der Waals surface area (Å²) in [4.78, 5) is 11.4. The molecule has 7 nitrogen and oxygen atoms in total. The number of morpholine rings is 1. The number of nitrogens with one attached hydrogen (secondary N) is 2. The third-order valence-corrected chi connectivity index (χ3v) is 5.06. The minimum Gasteiger partial charge on any atom is -0.497 e. The Balaban J connectivity index is 1.64. The summed E-state index contributed by atoms with van der Waals surface area (Å²) in [6.45, 7) is 6.73. The summed E-state index contributed by atoms with van der Waals surface area (Å²) in [6, 6.07) is 14.5. The fraction of sp³-hybridized carbons (Fsp3) is 0.455. The summed E-state index contributed by atoms with van der Waals surface area (Å²) >= 11 is 0. The van der Waals surface area contributed by atoms with E-state index in [0.717, 1.165) is 55.9 Å². The molecule has 156 valence electrons. The van der Waals surface area contributed by atoms with E-state index < -0.39 is 0 Å². The number of aromatic nitrogens is 1. The SMILES string of the molecule is CN=C(NCc1cccc(C)n1)NCC(c1ccc(OC)cc1)N1CCOCC1. The van der Waals surface area contributed by atoms with Crippen LogP contribution in [-0.2, 0) is 11.3 Å². The van der Waals surface area contributed by atoms with E-state index >= 15 is 0 Å². The fourth-order valence-corrected chi connectivity index (χ4v) is 3.46. The number of nitrogens with zero attached hydrogens (tertiary/aromatic N) is 3. The number of hydrogen-bond donors (Lipinski definition) is 2. The smallest absolute Gasteiger partial charge is 0.191 e. The Morgan fingerprint density at radius 1 is 1.17 bits per heavy atom. The van der Waals surface area contributed by atoms with Crippen LogP contribution in [0.25, 0.3) is 0 Å². The van der Waals surface area contributed by atoms with E-state index in [1.165, 1.54) is 5.56 Å². The van der Waals surface area contributed by atoms with Gasteiger partial charge in [-0.3, -0.25) is 14.9 Å². The molecule has 0 bridgehead atoms. The zero-order valence-corrected chi connectivity index (χ0v) is 17.5. The lowest BCUT2D eigenvalue weighted by molar-refractivity contribution is 0.0170. The number of methoxy groups -OCH3 is 1. The molecule has 1 fully saturated rings. The number of rotatable bonds is 7. The fourth-order valence-electron chi connectivity index (χ4n) is 3.46. The van der Waals surface area contributed by atoms with Crippen molar-refractivity contribution in [2.45, 2.75) is 19.5 Å². The molecule has 0 radical (unpaired) electrons. The maximum absolute atomic E-state index is 5.54. The highest BCUT2D eigenvalue weighted by Gasteiger charge is 2.23. The van der Waals surface area contributed by atoms with Crippen LogP contribution in [0.5, 0.6) is 5.75 Å². The molecular weight excluding hydrogens is 366 g/mol. The van der Waals surface area contributed by atoms with Crippen LogP contribution in [0.2, 0.25) is 0 Å². The van der Waals surface area contributed by atoms with Crippen LogP contribution >= 0.6 is 0 Å². The minimum atomic E-state index is 0.223. The normalized spacial score (nSPS) is 16.3. The first kappa shape index (κ1) is 21.1. The van der Waals surface area contributed by atoms with Gasteiger partial charge in [-0.1, -0.05) is 18.2 Å². The van der Waals surface area contributed by atoms with E-state index in [2.05, 4.69) is 37.6 Å². The molecule has 3 rings (SSSR count). The first-order chi connectivity index (χ1) is 14.2. The molecule has 1 aromatic carbocycles. The van der Waals surface area contributed by atoms with Crippen molar-refractivity contribution < 1.29 is 9.47 Å². The molecule has 1 unspecified atom stereocenters. The molecule has 1 saturated heterocycles. The molecule has 7 heteroatoms. The molecule has 1 aliphatic heterocycles. The average molecular weight is 398 g/mol. The first-order valence-electron chi connectivity index (χ1n) is 10.0. The van der Waals surface area contributed by atoms with Crippen molar-refractivity contribution in [1.82, 2.24) is 20.5 Å². The van der Waals surface area contributed by atoms with Crippen LogP contribution in [0.3, 0.4) is 0 Å². The molecule has 1 aromatic heterocycles. The Kier molecular flexibility index (Phi) is 7.84. The zero-order valence-electron chi connectivity index (χ0n) is 17.5. The van der Waals surface area contributed by atoms with Gasteiger partial charge < -0.3 is 20.1 Å². The van der Waals surface area contributed by atoms with Gasteiger partial charge in [-0.2, -0.15) is 0 Å². The van der Waals surface area contributed by atoms with Gasteiger partial charge >= 0.3 is 0 Å². The maximum atomic E-state index is 5.54. The Bertz CT molecular complexity index is 788. The van der Waals surface area contributed by atoms with Crippen LogP contribution in [0.15, 0.2) is 47.5 Å². The van der Waals surface area contributed by atoms with Crippen molar-refractivity contribution >= 4 is 5.96 Å². The number of benzene rings is 1. The highest BCUT2D eigenvalue weighted by molar-refractivity contribution is 5.79. The van der Waals surface area contributed by atoms with Crippen LogP contribution in [0.4, 0.5) is 0 Å². The molecule has 0 amide bonds. The van der Waals surface area contributed by atoms with Gasteiger partial charge in [-0.25, -0.2) is 0 Å². The third-order valence-electron chi connectivity index (χ3n) is 5.06. The lowest BCUT2D eigenvalue weighted by atomic mass is 10.0. The van der Waals surface area contributed by atoms with Gasteiger partial charge in [-0.05, 0) is 36.8 Å². The van der Waals surface area contributed by atoms with E-state index in [9.17, 15) is 0 Å². The quantitative estimate of drug-likeness (QED) is 0.551. The van der Waals surface area contributed by atoms with Gasteiger partial charge in [-0.15, -0.1) is 0 Å². The zero-order chi connectivity index (χ0) is 20.5. The van der Waals surface area contributed by atoms with Gasteiger partial charge in [0.1, 0.15) is 5.75 Å². The summed E-state index contributed by atoms with van der Waals surface area (Å²) in [5, 5.41) is 6.83. The van der Waals surface area contributed by atoms with E-state index in [0.29, 0.717) is 6.54 Å². The lowest BCUT2D eigenvalue weighted by Gasteiger charge is -2.35. The van der Waals surface area contributed by atoms with Crippen molar-refractivity contribution in [2.24, 2.45) is 4.99 Å². The van der Waals surface area contributed by atoms with Crippen molar-refractivity contribution in [2.75, 3.05) is 47.0 Å². The van der Waals surface area contributed by atoms with Crippen LogP contribution in [-0.4, -0.2) is 62.8 Å². The predicted molar refractivity (Wildman–Crippen MR) is 115 cm³/mol. The molecule has 0 saturated carbocycles. The molecule has 2 N–H and O–H groups in total. The highest BCUT2D eigenvalue weighted by Crippen LogP contribution is 2.23. The largest absolute Gasteiger partial charge is 0.497 e. The third kappa shape index (κ3) is 6.17. The monoisotopic (exact) mass is 397 g/mol. The summed E-state index contributed by atoms with van der Waals surface area (Å²) < 4.78 is 10.8. The second kappa shape index (κ2) is 10.8. The topological polar surface area (TPSA) is 71.0 Å².